The van der Waals surface area contributed by atoms with Crippen LogP contribution in [0.2, 0.25) is 5.02 Å². The highest BCUT2D eigenvalue weighted by Gasteiger charge is 2.37. The fraction of sp³-hybridized carbons (Fsp3) is 0.353. The number of nitrogens with zero attached hydrogens (tertiary/aromatic N) is 1. The van der Waals surface area contributed by atoms with Crippen LogP contribution in [0.15, 0.2) is 41.0 Å². The number of nitrogens with two attached hydrogens (primary N) is 1. The van der Waals surface area contributed by atoms with E-state index < -0.39 is 0 Å². The average molecular weight is 355 g/mol. The quantitative estimate of drug-likeness (QED) is 0.875. The van der Waals surface area contributed by atoms with Crippen molar-refractivity contribution in [1.29, 1.82) is 0 Å². The van der Waals surface area contributed by atoms with Gasteiger partial charge in [0.2, 0.25) is 0 Å². The summed E-state index contributed by atoms with van der Waals surface area (Å²) >= 11 is 6.29. The molecule has 1 aromatic carbocycles. The monoisotopic (exact) mass is 354 g/mol. The Hall–Kier alpha value is -1.49. The number of carbonyl (C=O) groups excluding carboxylic acids is 1. The predicted octanol–water partition coefficient (Wildman–Crippen LogP) is 4.18. The molecule has 1 atom stereocenters. The van der Waals surface area contributed by atoms with E-state index in [0.29, 0.717) is 16.3 Å². The van der Waals surface area contributed by atoms with Crippen LogP contribution in [0.3, 0.4) is 0 Å². The molecule has 0 saturated heterocycles. The highest BCUT2D eigenvalue weighted by atomic mass is 35.5. The van der Waals surface area contributed by atoms with Gasteiger partial charge in [-0.05, 0) is 37.5 Å². The van der Waals surface area contributed by atoms with Crippen molar-refractivity contribution in [3.63, 3.8) is 0 Å². The largest absolute Gasteiger partial charge is 0.467 e. The van der Waals surface area contributed by atoms with Crippen LogP contribution >= 0.6 is 24.0 Å². The first kappa shape index (κ1) is 17.9. The third kappa shape index (κ3) is 3.71. The number of hydrogen-bond donors (Lipinski definition) is 1. The molecule has 1 amide bonds. The van der Waals surface area contributed by atoms with E-state index in [9.17, 15) is 4.79 Å². The van der Waals surface area contributed by atoms with Gasteiger partial charge in [-0.3, -0.25) is 4.79 Å². The molecule has 0 radical (unpaired) electrons. The van der Waals surface area contributed by atoms with Crippen molar-refractivity contribution in [3.8, 4) is 0 Å². The van der Waals surface area contributed by atoms with Crippen molar-refractivity contribution in [2.75, 3.05) is 0 Å². The van der Waals surface area contributed by atoms with Gasteiger partial charge in [0, 0.05) is 11.1 Å². The van der Waals surface area contributed by atoms with Crippen LogP contribution in [0.4, 0.5) is 0 Å². The van der Waals surface area contributed by atoms with Gasteiger partial charge in [-0.1, -0.05) is 29.8 Å². The zero-order chi connectivity index (χ0) is 15.7. The molecule has 4 nitrogen and oxygen atoms in total. The molecule has 124 valence electrons. The summed E-state index contributed by atoms with van der Waals surface area (Å²) in [6, 6.07) is 9.57. The topological polar surface area (TPSA) is 59.5 Å². The molecule has 1 aromatic heterocycles. The summed E-state index contributed by atoms with van der Waals surface area (Å²) in [7, 11) is 0. The number of hydrogen-bond acceptors (Lipinski definition) is 3. The van der Waals surface area contributed by atoms with Crippen LogP contribution in [-0.2, 0) is 6.54 Å². The highest BCUT2D eigenvalue weighted by molar-refractivity contribution is 6.31. The van der Waals surface area contributed by atoms with Crippen molar-refractivity contribution in [1.82, 2.24) is 4.90 Å². The molecular formula is C17H20Cl2N2O2. The molecule has 0 spiro atoms. The summed E-state index contributed by atoms with van der Waals surface area (Å²) in [6.45, 7) is 2.30. The minimum Gasteiger partial charge on any atom is -0.467 e. The normalized spacial score (nSPS) is 14.9. The molecular weight excluding hydrogens is 335 g/mol. The minimum absolute atomic E-state index is 0. The molecule has 1 saturated carbocycles. The summed E-state index contributed by atoms with van der Waals surface area (Å²) in [5.41, 5.74) is 7.06. The third-order valence-corrected chi connectivity index (χ3v) is 4.39. The van der Waals surface area contributed by atoms with Gasteiger partial charge in [0.25, 0.3) is 5.91 Å². The van der Waals surface area contributed by atoms with E-state index in [1.807, 2.05) is 36.1 Å². The average Bonchev–Trinajstić information content (AvgIpc) is 3.23. The number of halogens is 2. The maximum atomic E-state index is 12.9. The summed E-state index contributed by atoms with van der Waals surface area (Å²) in [6.07, 6.45) is 3.55. The minimum atomic E-state index is -0.0788. The van der Waals surface area contributed by atoms with Gasteiger partial charge in [-0.2, -0.15) is 0 Å². The van der Waals surface area contributed by atoms with Gasteiger partial charge < -0.3 is 15.1 Å². The van der Waals surface area contributed by atoms with Gasteiger partial charge in [-0.15, -0.1) is 12.4 Å². The molecule has 2 N–H and O–H groups in total. The van der Waals surface area contributed by atoms with Crippen LogP contribution in [0.25, 0.3) is 0 Å². The maximum absolute atomic E-state index is 12.9. The van der Waals surface area contributed by atoms with Crippen LogP contribution in [0, 0.1) is 0 Å². The van der Waals surface area contributed by atoms with Crippen molar-refractivity contribution in [3.05, 3.63) is 58.5 Å². The Kier molecular flexibility index (Phi) is 5.74. The van der Waals surface area contributed by atoms with E-state index in [2.05, 4.69) is 0 Å². The van der Waals surface area contributed by atoms with Gasteiger partial charge >= 0.3 is 0 Å². The summed E-state index contributed by atoms with van der Waals surface area (Å²) in [5.74, 6) is 0.586. The zero-order valence-electron chi connectivity index (χ0n) is 12.9. The molecule has 23 heavy (non-hydrogen) atoms. The maximum Gasteiger partial charge on any atom is 0.257 e. The fourth-order valence-electron chi connectivity index (χ4n) is 2.72. The molecule has 0 aliphatic heterocycles. The molecule has 1 heterocycles. The van der Waals surface area contributed by atoms with E-state index in [1.54, 1.807) is 6.07 Å². The SMILES string of the molecule is CC(c1ccccc1Cl)N(C(=O)c1coc(CN)c1)C1CC1.Cl. The Labute approximate surface area is 147 Å². The number of benzene rings is 1. The Morgan fingerprint density at radius 2 is 2.13 bits per heavy atom. The predicted molar refractivity (Wildman–Crippen MR) is 92.9 cm³/mol. The van der Waals surface area contributed by atoms with E-state index in [4.69, 9.17) is 21.8 Å². The lowest BCUT2D eigenvalue weighted by Crippen LogP contribution is -2.35. The summed E-state index contributed by atoms with van der Waals surface area (Å²) in [5, 5.41) is 0.684. The summed E-state index contributed by atoms with van der Waals surface area (Å²) < 4.78 is 5.30. The first-order chi connectivity index (χ1) is 10.6. The number of furan rings is 1. The van der Waals surface area contributed by atoms with E-state index in [0.717, 1.165) is 18.4 Å². The van der Waals surface area contributed by atoms with Crippen LogP contribution in [-0.4, -0.2) is 16.8 Å². The molecule has 0 bridgehead atoms. The smallest absolute Gasteiger partial charge is 0.257 e. The second-order valence-electron chi connectivity index (χ2n) is 5.65. The molecule has 1 unspecified atom stereocenters. The molecule has 3 rings (SSSR count). The molecule has 1 aliphatic carbocycles. The van der Waals surface area contributed by atoms with Crippen LogP contribution in [0.1, 0.15) is 47.5 Å². The lowest BCUT2D eigenvalue weighted by molar-refractivity contribution is 0.0673. The first-order valence-corrected chi connectivity index (χ1v) is 7.84. The van der Waals surface area contributed by atoms with Gasteiger partial charge in [0.15, 0.2) is 0 Å². The van der Waals surface area contributed by atoms with E-state index in [1.165, 1.54) is 6.26 Å². The van der Waals surface area contributed by atoms with E-state index >= 15 is 0 Å². The second kappa shape index (κ2) is 7.39. The standard InChI is InChI=1S/C17H19ClN2O2.ClH/c1-11(15-4-2-3-5-16(15)18)20(13-6-7-13)17(21)12-8-14(9-19)22-10-12;/h2-5,8,10-11,13H,6-7,9,19H2,1H3;1H. The van der Waals surface area contributed by atoms with Crippen LogP contribution < -0.4 is 5.73 Å². The Bertz CT molecular complexity index is 683. The number of rotatable bonds is 5. The zero-order valence-corrected chi connectivity index (χ0v) is 14.4. The van der Waals surface area contributed by atoms with Crippen molar-refractivity contribution < 1.29 is 9.21 Å². The van der Waals surface area contributed by atoms with Crippen LogP contribution in [0.5, 0.6) is 0 Å². The lowest BCUT2D eigenvalue weighted by atomic mass is 10.1. The third-order valence-electron chi connectivity index (χ3n) is 4.05. The van der Waals surface area contributed by atoms with Gasteiger partial charge in [-0.25, -0.2) is 0 Å². The fourth-order valence-corrected chi connectivity index (χ4v) is 3.02. The Morgan fingerprint density at radius 3 is 2.70 bits per heavy atom. The van der Waals surface area contributed by atoms with E-state index in [-0.39, 0.29) is 36.9 Å². The molecule has 2 aromatic rings. The summed E-state index contributed by atoms with van der Waals surface area (Å²) in [4.78, 5) is 14.8. The number of amides is 1. The second-order valence-corrected chi connectivity index (χ2v) is 6.05. The lowest BCUT2D eigenvalue weighted by Gasteiger charge is -2.30. The molecule has 1 aliphatic rings. The Morgan fingerprint density at radius 1 is 1.43 bits per heavy atom. The Balaban J connectivity index is 0.00000192. The van der Waals surface area contributed by atoms with Crippen molar-refractivity contribution in [2.24, 2.45) is 5.73 Å². The molecule has 1 fully saturated rings. The molecule has 6 heteroatoms. The van der Waals surface area contributed by atoms with Gasteiger partial charge in [0.1, 0.15) is 12.0 Å². The highest BCUT2D eigenvalue weighted by Crippen LogP contribution is 2.37. The van der Waals surface area contributed by atoms with Crippen molar-refractivity contribution in [2.45, 2.75) is 38.4 Å². The van der Waals surface area contributed by atoms with Gasteiger partial charge in [0.05, 0.1) is 18.2 Å². The first-order valence-electron chi connectivity index (χ1n) is 7.46. The van der Waals surface area contributed by atoms with Crippen molar-refractivity contribution >= 4 is 29.9 Å². The number of carbonyl (C=O) groups is 1.